The summed E-state index contributed by atoms with van der Waals surface area (Å²) in [4.78, 5) is 11.3. The molecule has 21 heavy (non-hydrogen) atoms. The second kappa shape index (κ2) is 9.17. The lowest BCUT2D eigenvalue weighted by molar-refractivity contribution is 0.103. The lowest BCUT2D eigenvalue weighted by Gasteiger charge is -2.19. The molecule has 1 rings (SSSR count). The minimum absolute atomic E-state index is 0.156. The fourth-order valence-corrected chi connectivity index (χ4v) is 1.56. The smallest absolute Gasteiger partial charge is 0.317 e. The first-order valence-corrected chi connectivity index (χ1v) is 6.81. The van der Waals surface area contributed by atoms with Gasteiger partial charge in [0.1, 0.15) is 24.7 Å². The number of benzene rings is 1. The van der Waals surface area contributed by atoms with Crippen LogP contribution in [0.3, 0.4) is 0 Å². The van der Waals surface area contributed by atoms with E-state index in [4.69, 9.17) is 9.84 Å². The van der Waals surface area contributed by atoms with Crippen LogP contribution in [0, 0.1) is 0 Å². The second-order valence-electron chi connectivity index (χ2n) is 4.70. The van der Waals surface area contributed by atoms with Crippen LogP contribution < -0.4 is 20.7 Å². The summed E-state index contributed by atoms with van der Waals surface area (Å²) in [6.45, 7) is 3.60. The van der Waals surface area contributed by atoms with E-state index in [9.17, 15) is 9.90 Å². The highest BCUT2D eigenvalue weighted by Gasteiger charge is 2.10. The number of rotatable bonds is 8. The van der Waals surface area contributed by atoms with Crippen molar-refractivity contribution in [2.75, 3.05) is 13.2 Å². The van der Waals surface area contributed by atoms with Crippen molar-refractivity contribution in [1.29, 1.82) is 0 Å². The van der Waals surface area contributed by atoms with Crippen molar-refractivity contribution in [3.63, 3.8) is 0 Å². The molecule has 0 radical (unpaired) electrons. The summed E-state index contributed by atoms with van der Waals surface area (Å²) < 4.78 is 5.41. The Bertz CT molecular complexity index is 414. The van der Waals surface area contributed by atoms with Gasteiger partial charge in [0.25, 0.3) is 0 Å². The van der Waals surface area contributed by atoms with Crippen molar-refractivity contribution >= 4 is 6.03 Å². The predicted octanol–water partition coefficient (Wildman–Crippen LogP) is -0.000600. The maximum Gasteiger partial charge on any atom is 0.317 e. The molecule has 0 aromatic heterocycles. The van der Waals surface area contributed by atoms with Crippen molar-refractivity contribution in [1.82, 2.24) is 16.0 Å². The molecule has 5 N–H and O–H groups in total. The lowest BCUT2D eigenvalue weighted by atomic mass is 10.3. The van der Waals surface area contributed by atoms with Gasteiger partial charge in [-0.15, -0.1) is 0 Å². The molecule has 0 saturated carbocycles. The minimum Gasteiger partial charge on any atom is -0.491 e. The molecule has 7 nitrogen and oxygen atoms in total. The standard InChI is InChI=1S/C14H23N3O4/c1-10(16-14(20)17-11(2)18)15-8-12(19)9-21-13-6-4-3-5-7-13/h3-7,10-12,15,18-19H,8-9H2,1-2H3,(H2,16,17,20). The number of hydrogen-bond donors (Lipinski definition) is 5. The molecule has 0 aliphatic carbocycles. The van der Waals surface area contributed by atoms with Gasteiger partial charge < -0.3 is 25.6 Å². The Kier molecular flexibility index (Phi) is 7.52. The summed E-state index contributed by atoms with van der Waals surface area (Å²) in [6, 6.07) is 8.73. The molecule has 0 heterocycles. The van der Waals surface area contributed by atoms with Gasteiger partial charge in [0.15, 0.2) is 0 Å². The topological polar surface area (TPSA) is 103 Å². The SMILES string of the molecule is CC(O)NC(=O)NC(C)NCC(O)COc1ccccc1. The number of ether oxygens (including phenoxy) is 1. The molecule has 0 spiro atoms. The van der Waals surface area contributed by atoms with E-state index in [0.29, 0.717) is 5.75 Å². The molecule has 1 aromatic rings. The number of para-hydroxylation sites is 1. The molecule has 0 bridgehead atoms. The van der Waals surface area contributed by atoms with Gasteiger partial charge in [-0.25, -0.2) is 4.79 Å². The van der Waals surface area contributed by atoms with Gasteiger partial charge in [0.2, 0.25) is 0 Å². The first-order valence-electron chi connectivity index (χ1n) is 6.81. The van der Waals surface area contributed by atoms with E-state index in [2.05, 4.69) is 16.0 Å². The normalized spacial score (nSPS) is 14.9. The molecule has 7 heteroatoms. The fourth-order valence-electron chi connectivity index (χ4n) is 1.56. The Balaban J connectivity index is 2.17. The average molecular weight is 297 g/mol. The maximum absolute atomic E-state index is 11.3. The molecule has 0 fully saturated rings. The highest BCUT2D eigenvalue weighted by atomic mass is 16.5. The van der Waals surface area contributed by atoms with E-state index in [1.807, 2.05) is 30.3 Å². The number of aliphatic hydroxyl groups excluding tert-OH is 2. The van der Waals surface area contributed by atoms with Crippen molar-refractivity contribution in [3.05, 3.63) is 30.3 Å². The second-order valence-corrected chi connectivity index (χ2v) is 4.70. The number of aliphatic hydroxyl groups is 2. The van der Waals surface area contributed by atoms with Crippen LogP contribution >= 0.6 is 0 Å². The van der Waals surface area contributed by atoms with Gasteiger partial charge in [-0.2, -0.15) is 0 Å². The maximum atomic E-state index is 11.3. The zero-order valence-corrected chi connectivity index (χ0v) is 12.2. The Morgan fingerprint density at radius 1 is 1.19 bits per heavy atom. The Morgan fingerprint density at radius 3 is 2.48 bits per heavy atom. The quantitative estimate of drug-likeness (QED) is 0.435. The van der Waals surface area contributed by atoms with Gasteiger partial charge in [0, 0.05) is 6.54 Å². The summed E-state index contributed by atoms with van der Waals surface area (Å²) in [5.41, 5.74) is 0. The number of amides is 2. The number of urea groups is 1. The van der Waals surface area contributed by atoms with Crippen LogP contribution in [0.4, 0.5) is 4.79 Å². The van der Waals surface area contributed by atoms with Crippen LogP contribution in [0.5, 0.6) is 5.75 Å². The van der Waals surface area contributed by atoms with Crippen LogP contribution in [0.1, 0.15) is 13.8 Å². The highest BCUT2D eigenvalue weighted by molar-refractivity contribution is 5.74. The van der Waals surface area contributed by atoms with Crippen molar-refractivity contribution in [2.45, 2.75) is 32.3 Å². The van der Waals surface area contributed by atoms with Crippen LogP contribution in [-0.2, 0) is 0 Å². The molecular formula is C14H23N3O4. The summed E-state index contributed by atoms with van der Waals surface area (Å²) in [5.74, 6) is 0.694. The summed E-state index contributed by atoms with van der Waals surface area (Å²) in [5, 5.41) is 26.6. The van der Waals surface area contributed by atoms with Crippen LogP contribution in [0.2, 0.25) is 0 Å². The first-order chi connectivity index (χ1) is 9.97. The fraction of sp³-hybridized carbons (Fsp3) is 0.500. The number of hydrogen-bond acceptors (Lipinski definition) is 5. The van der Waals surface area contributed by atoms with Crippen LogP contribution in [0.15, 0.2) is 30.3 Å². The van der Waals surface area contributed by atoms with Crippen molar-refractivity contribution in [3.8, 4) is 5.75 Å². The summed E-state index contributed by atoms with van der Waals surface area (Å²) in [6.07, 6.45) is -1.97. The lowest BCUT2D eigenvalue weighted by Crippen LogP contribution is -2.51. The molecule has 0 aliphatic rings. The Labute approximate surface area is 124 Å². The summed E-state index contributed by atoms with van der Waals surface area (Å²) in [7, 11) is 0. The molecule has 2 amide bonds. The number of carbonyl (C=O) groups is 1. The van der Waals surface area contributed by atoms with E-state index in [-0.39, 0.29) is 19.3 Å². The van der Waals surface area contributed by atoms with Gasteiger partial charge in [0.05, 0.1) is 6.17 Å². The van der Waals surface area contributed by atoms with E-state index in [0.717, 1.165) is 0 Å². The zero-order valence-electron chi connectivity index (χ0n) is 12.2. The van der Waals surface area contributed by atoms with Crippen LogP contribution in [-0.4, -0.2) is 47.9 Å². The molecule has 1 aromatic carbocycles. The minimum atomic E-state index is -0.915. The third kappa shape index (κ3) is 8.13. The molecule has 3 atom stereocenters. The highest BCUT2D eigenvalue weighted by Crippen LogP contribution is 2.08. The van der Waals surface area contributed by atoms with Gasteiger partial charge >= 0.3 is 6.03 Å². The molecular weight excluding hydrogens is 274 g/mol. The Morgan fingerprint density at radius 2 is 1.86 bits per heavy atom. The van der Waals surface area contributed by atoms with Gasteiger partial charge in [-0.3, -0.25) is 5.32 Å². The summed E-state index contributed by atoms with van der Waals surface area (Å²) >= 11 is 0. The Hall–Kier alpha value is -1.83. The zero-order chi connectivity index (χ0) is 15.7. The van der Waals surface area contributed by atoms with Crippen LogP contribution in [0.25, 0.3) is 0 Å². The first kappa shape index (κ1) is 17.2. The molecule has 0 saturated heterocycles. The number of nitrogens with one attached hydrogen (secondary N) is 3. The van der Waals surface area contributed by atoms with Crippen molar-refractivity contribution < 1.29 is 19.7 Å². The van der Waals surface area contributed by atoms with E-state index in [1.54, 1.807) is 6.92 Å². The van der Waals surface area contributed by atoms with E-state index in [1.165, 1.54) is 6.92 Å². The van der Waals surface area contributed by atoms with E-state index < -0.39 is 18.4 Å². The third-order valence-corrected chi connectivity index (χ3v) is 2.53. The molecule has 3 unspecified atom stereocenters. The predicted molar refractivity (Wildman–Crippen MR) is 78.8 cm³/mol. The molecule has 118 valence electrons. The average Bonchev–Trinajstić information content (AvgIpc) is 2.43. The van der Waals surface area contributed by atoms with Crippen molar-refractivity contribution in [2.24, 2.45) is 0 Å². The van der Waals surface area contributed by atoms with Gasteiger partial charge in [-0.1, -0.05) is 18.2 Å². The number of carbonyl (C=O) groups excluding carboxylic acids is 1. The largest absolute Gasteiger partial charge is 0.491 e. The molecule has 0 aliphatic heterocycles. The van der Waals surface area contributed by atoms with E-state index >= 15 is 0 Å². The monoisotopic (exact) mass is 297 g/mol. The van der Waals surface area contributed by atoms with Gasteiger partial charge in [-0.05, 0) is 26.0 Å². The third-order valence-electron chi connectivity index (χ3n) is 2.53.